The van der Waals surface area contributed by atoms with E-state index in [2.05, 4.69) is 10.2 Å². The average molecular weight is 407 g/mol. The van der Waals surface area contributed by atoms with Gasteiger partial charge in [0.25, 0.3) is 0 Å². The van der Waals surface area contributed by atoms with Crippen LogP contribution < -0.4 is 10.2 Å². The van der Waals surface area contributed by atoms with E-state index >= 15 is 0 Å². The summed E-state index contributed by atoms with van der Waals surface area (Å²) in [5, 5.41) is 3.23. The van der Waals surface area contributed by atoms with Crippen molar-refractivity contribution in [3.8, 4) is 0 Å². The van der Waals surface area contributed by atoms with Crippen LogP contribution in [-0.4, -0.2) is 33.2 Å². The molecule has 0 unspecified atom stereocenters. The number of nitrogens with one attached hydrogen (secondary N) is 1. The Hall–Kier alpha value is -2.05. The third kappa shape index (κ3) is 5.47. The average Bonchev–Trinajstić information content (AvgIpc) is 2.68. The second-order valence-electron chi connectivity index (χ2n) is 6.67. The van der Waals surface area contributed by atoms with Crippen LogP contribution in [-0.2, 0) is 14.6 Å². The van der Waals surface area contributed by atoms with E-state index in [-0.39, 0.29) is 23.0 Å². The lowest BCUT2D eigenvalue weighted by Crippen LogP contribution is -2.29. The van der Waals surface area contributed by atoms with E-state index in [1.807, 2.05) is 24.3 Å². The van der Waals surface area contributed by atoms with Gasteiger partial charge in [-0.05, 0) is 67.8 Å². The normalized spacial score (nSPS) is 14.8. The predicted molar refractivity (Wildman–Crippen MR) is 109 cm³/mol. The van der Waals surface area contributed by atoms with Gasteiger partial charge in [-0.25, -0.2) is 8.42 Å². The Morgan fingerprint density at radius 2 is 1.59 bits per heavy atom. The fourth-order valence-electron chi connectivity index (χ4n) is 3.12. The van der Waals surface area contributed by atoms with E-state index in [1.54, 1.807) is 0 Å². The van der Waals surface area contributed by atoms with Gasteiger partial charge in [-0.15, -0.1) is 0 Å². The maximum absolute atomic E-state index is 12.3. The molecule has 5 nitrogen and oxygen atoms in total. The second kappa shape index (κ2) is 8.76. The minimum Gasteiger partial charge on any atom is -0.372 e. The molecule has 0 spiro atoms. The predicted octanol–water partition coefficient (Wildman–Crippen LogP) is 4.13. The van der Waals surface area contributed by atoms with Crippen molar-refractivity contribution in [3.05, 3.63) is 53.6 Å². The SMILES string of the molecule is O=C(CCS(=O)(=O)c1ccc(Cl)cc1)Nc1ccc(N2CCCCC2)cc1. The molecule has 27 heavy (non-hydrogen) atoms. The van der Waals surface area contributed by atoms with E-state index < -0.39 is 9.84 Å². The molecule has 0 aliphatic carbocycles. The maximum atomic E-state index is 12.3. The van der Waals surface area contributed by atoms with E-state index in [4.69, 9.17) is 11.6 Å². The topological polar surface area (TPSA) is 66.5 Å². The molecule has 1 aliphatic heterocycles. The first-order chi connectivity index (χ1) is 12.9. The largest absolute Gasteiger partial charge is 0.372 e. The van der Waals surface area contributed by atoms with Crippen molar-refractivity contribution in [2.75, 3.05) is 29.1 Å². The van der Waals surface area contributed by atoms with Crippen molar-refractivity contribution in [3.63, 3.8) is 0 Å². The number of benzene rings is 2. The summed E-state index contributed by atoms with van der Waals surface area (Å²) in [6.45, 7) is 2.13. The van der Waals surface area contributed by atoms with Crippen molar-refractivity contribution in [2.24, 2.45) is 0 Å². The first kappa shape index (κ1) is 19.7. The van der Waals surface area contributed by atoms with Crippen LogP contribution in [0.15, 0.2) is 53.4 Å². The molecule has 2 aromatic rings. The number of nitrogens with zero attached hydrogens (tertiary/aromatic N) is 1. The van der Waals surface area contributed by atoms with E-state index in [1.165, 1.54) is 43.5 Å². The Morgan fingerprint density at radius 1 is 0.963 bits per heavy atom. The summed E-state index contributed by atoms with van der Waals surface area (Å²) >= 11 is 5.78. The summed E-state index contributed by atoms with van der Waals surface area (Å²) in [4.78, 5) is 14.6. The fraction of sp³-hybridized carbons (Fsp3) is 0.350. The van der Waals surface area contributed by atoms with Crippen LogP contribution in [0.2, 0.25) is 5.02 Å². The number of halogens is 1. The number of sulfone groups is 1. The molecule has 3 rings (SSSR count). The van der Waals surface area contributed by atoms with Gasteiger partial charge < -0.3 is 10.2 Å². The Labute approximate surface area is 165 Å². The summed E-state index contributed by atoms with van der Waals surface area (Å²) in [5.41, 5.74) is 1.82. The van der Waals surface area contributed by atoms with Crippen molar-refractivity contribution < 1.29 is 13.2 Å². The van der Waals surface area contributed by atoms with Crippen molar-refractivity contribution in [1.82, 2.24) is 0 Å². The van der Waals surface area contributed by atoms with E-state index in [9.17, 15) is 13.2 Å². The van der Waals surface area contributed by atoms with Gasteiger partial charge in [0.15, 0.2) is 9.84 Å². The van der Waals surface area contributed by atoms with Crippen LogP contribution in [0.1, 0.15) is 25.7 Å². The number of carbonyl (C=O) groups excluding carboxylic acids is 1. The van der Waals surface area contributed by atoms with Crippen molar-refractivity contribution >= 4 is 38.7 Å². The van der Waals surface area contributed by atoms with Crippen LogP contribution in [0.5, 0.6) is 0 Å². The minimum absolute atomic E-state index is 0.0984. The molecule has 0 saturated carbocycles. The lowest BCUT2D eigenvalue weighted by atomic mass is 10.1. The molecule has 0 aromatic heterocycles. The molecule has 0 atom stereocenters. The number of rotatable bonds is 6. The fourth-order valence-corrected chi connectivity index (χ4v) is 4.48. The van der Waals surface area contributed by atoms with Crippen molar-refractivity contribution in [2.45, 2.75) is 30.6 Å². The Balaban J connectivity index is 1.53. The summed E-state index contributed by atoms with van der Waals surface area (Å²) in [7, 11) is -3.51. The molecule has 0 bridgehead atoms. The number of anilines is 2. The molecule has 1 saturated heterocycles. The van der Waals surface area contributed by atoms with Gasteiger partial charge in [-0.1, -0.05) is 11.6 Å². The second-order valence-corrected chi connectivity index (χ2v) is 9.21. The number of piperidine rings is 1. The molecule has 1 amide bonds. The zero-order valence-corrected chi connectivity index (χ0v) is 16.6. The number of carbonyl (C=O) groups is 1. The molecule has 7 heteroatoms. The third-order valence-electron chi connectivity index (χ3n) is 4.64. The summed E-state index contributed by atoms with van der Waals surface area (Å²) in [6.07, 6.45) is 3.60. The standard InChI is InChI=1S/C20H23ClN2O3S/c21-16-4-10-19(11-5-16)27(25,26)15-12-20(24)22-17-6-8-18(9-7-17)23-13-2-1-3-14-23/h4-11H,1-3,12-15H2,(H,22,24). The molecule has 1 fully saturated rings. The van der Waals surface area contributed by atoms with Gasteiger partial charge in [-0.2, -0.15) is 0 Å². The highest BCUT2D eigenvalue weighted by atomic mass is 35.5. The van der Waals surface area contributed by atoms with E-state index in [0.29, 0.717) is 10.7 Å². The number of hydrogen-bond acceptors (Lipinski definition) is 4. The zero-order valence-electron chi connectivity index (χ0n) is 15.0. The van der Waals surface area contributed by atoms with E-state index in [0.717, 1.165) is 18.8 Å². The highest BCUT2D eigenvalue weighted by molar-refractivity contribution is 7.91. The molecule has 1 aliphatic rings. The van der Waals surface area contributed by atoms with Gasteiger partial charge >= 0.3 is 0 Å². The Kier molecular flexibility index (Phi) is 6.39. The summed E-state index contributed by atoms with van der Waals surface area (Å²) < 4.78 is 24.6. The van der Waals surface area contributed by atoms with Crippen molar-refractivity contribution in [1.29, 1.82) is 0 Å². The smallest absolute Gasteiger partial charge is 0.225 e. The van der Waals surface area contributed by atoms with Crippen LogP contribution in [0.25, 0.3) is 0 Å². The zero-order chi connectivity index (χ0) is 19.3. The molecular weight excluding hydrogens is 384 g/mol. The van der Waals surface area contributed by atoms with Crippen LogP contribution >= 0.6 is 11.6 Å². The first-order valence-corrected chi connectivity index (χ1v) is 11.1. The molecular formula is C20H23ClN2O3S. The van der Waals surface area contributed by atoms with Crippen LogP contribution in [0.4, 0.5) is 11.4 Å². The number of amides is 1. The monoisotopic (exact) mass is 406 g/mol. The highest BCUT2D eigenvalue weighted by Gasteiger charge is 2.17. The van der Waals surface area contributed by atoms with Gasteiger partial charge in [0.2, 0.25) is 5.91 Å². The van der Waals surface area contributed by atoms with Gasteiger partial charge in [0, 0.05) is 35.9 Å². The Bertz CT molecular complexity index is 874. The lowest BCUT2D eigenvalue weighted by molar-refractivity contribution is -0.115. The molecule has 1 heterocycles. The lowest BCUT2D eigenvalue weighted by Gasteiger charge is -2.28. The van der Waals surface area contributed by atoms with Gasteiger partial charge in [-0.3, -0.25) is 4.79 Å². The number of hydrogen-bond donors (Lipinski definition) is 1. The van der Waals surface area contributed by atoms with Crippen LogP contribution in [0.3, 0.4) is 0 Å². The van der Waals surface area contributed by atoms with Gasteiger partial charge in [0.1, 0.15) is 0 Å². The molecule has 1 N–H and O–H groups in total. The maximum Gasteiger partial charge on any atom is 0.225 e. The quantitative estimate of drug-likeness (QED) is 0.783. The Morgan fingerprint density at radius 3 is 2.22 bits per heavy atom. The molecule has 144 valence electrons. The summed E-state index contributed by atoms with van der Waals surface area (Å²) in [5.74, 6) is -0.565. The first-order valence-electron chi connectivity index (χ1n) is 9.07. The molecule has 2 aromatic carbocycles. The highest BCUT2D eigenvalue weighted by Crippen LogP contribution is 2.22. The van der Waals surface area contributed by atoms with Crippen LogP contribution in [0, 0.1) is 0 Å². The third-order valence-corrected chi connectivity index (χ3v) is 6.63. The minimum atomic E-state index is -3.51. The van der Waals surface area contributed by atoms with Gasteiger partial charge in [0.05, 0.1) is 10.6 Å². The summed E-state index contributed by atoms with van der Waals surface area (Å²) in [6, 6.07) is 13.7. The molecule has 0 radical (unpaired) electrons.